The lowest BCUT2D eigenvalue weighted by molar-refractivity contribution is 0.839. The molecular formula is C12H15BrN2. The molecule has 2 nitrogen and oxygen atoms in total. The molecule has 2 rings (SSSR count). The smallest absolute Gasteiger partial charge is 0.129 e. The van der Waals surface area contributed by atoms with Crippen LogP contribution >= 0.6 is 15.9 Å². The molecule has 0 aliphatic heterocycles. The molecule has 0 spiro atoms. The normalized spacial score (nSPS) is 15.1. The Balaban J connectivity index is 2.24. The lowest BCUT2D eigenvalue weighted by Gasteiger charge is -2.22. The van der Waals surface area contributed by atoms with Crippen molar-refractivity contribution < 1.29 is 0 Å². The molecule has 0 amide bonds. The molecule has 1 aliphatic rings. The lowest BCUT2D eigenvalue weighted by Crippen LogP contribution is -2.26. The fourth-order valence-corrected chi connectivity index (χ4v) is 1.85. The van der Waals surface area contributed by atoms with Gasteiger partial charge in [-0.2, -0.15) is 0 Å². The Morgan fingerprint density at radius 1 is 1.67 bits per heavy atom. The molecule has 0 atom stereocenters. The fourth-order valence-electron chi connectivity index (χ4n) is 1.64. The van der Waals surface area contributed by atoms with Crippen molar-refractivity contribution in [3.63, 3.8) is 0 Å². The third-order valence-electron chi connectivity index (χ3n) is 2.64. The van der Waals surface area contributed by atoms with E-state index in [0.29, 0.717) is 6.04 Å². The molecule has 0 radical (unpaired) electrons. The summed E-state index contributed by atoms with van der Waals surface area (Å²) >= 11 is 3.47. The van der Waals surface area contributed by atoms with Gasteiger partial charge in [-0.25, -0.2) is 4.98 Å². The Bertz CT molecular complexity index is 372. The first-order valence-electron chi connectivity index (χ1n) is 5.22. The van der Waals surface area contributed by atoms with Crippen LogP contribution < -0.4 is 4.90 Å². The van der Waals surface area contributed by atoms with E-state index in [4.69, 9.17) is 0 Å². The number of rotatable bonds is 4. The zero-order valence-electron chi connectivity index (χ0n) is 8.91. The van der Waals surface area contributed by atoms with E-state index < -0.39 is 0 Å². The highest BCUT2D eigenvalue weighted by Gasteiger charge is 2.29. The second kappa shape index (κ2) is 4.35. The molecule has 3 heteroatoms. The van der Waals surface area contributed by atoms with E-state index in [9.17, 15) is 0 Å². The highest BCUT2D eigenvalue weighted by Crippen LogP contribution is 2.31. The van der Waals surface area contributed by atoms with Gasteiger partial charge >= 0.3 is 0 Å². The van der Waals surface area contributed by atoms with Gasteiger partial charge in [-0.15, -0.1) is 6.58 Å². The molecule has 0 unspecified atom stereocenters. The van der Waals surface area contributed by atoms with E-state index in [1.165, 1.54) is 18.4 Å². The van der Waals surface area contributed by atoms with Crippen LogP contribution in [0.1, 0.15) is 18.4 Å². The van der Waals surface area contributed by atoms with Crippen LogP contribution in [0.3, 0.4) is 0 Å². The second-order valence-corrected chi connectivity index (χ2v) is 4.82. The number of pyridine rings is 1. The molecule has 0 saturated heterocycles. The van der Waals surface area contributed by atoms with Crippen LogP contribution in [0.5, 0.6) is 0 Å². The Morgan fingerprint density at radius 2 is 2.40 bits per heavy atom. The largest absolute Gasteiger partial charge is 0.350 e. The summed E-state index contributed by atoms with van der Waals surface area (Å²) in [6, 6.07) is 2.81. The van der Waals surface area contributed by atoms with Crippen LogP contribution in [0.15, 0.2) is 29.4 Å². The van der Waals surface area contributed by atoms with Gasteiger partial charge in [0.05, 0.1) is 0 Å². The zero-order chi connectivity index (χ0) is 10.8. The van der Waals surface area contributed by atoms with Gasteiger partial charge in [0.15, 0.2) is 0 Å². The van der Waals surface area contributed by atoms with Crippen LogP contribution in [-0.2, 0) is 0 Å². The number of anilines is 1. The summed E-state index contributed by atoms with van der Waals surface area (Å²) in [7, 11) is 0. The Labute approximate surface area is 99.1 Å². The van der Waals surface area contributed by atoms with Crippen LogP contribution in [0.25, 0.3) is 0 Å². The van der Waals surface area contributed by atoms with Gasteiger partial charge < -0.3 is 4.90 Å². The maximum absolute atomic E-state index is 4.45. The number of hydrogen-bond acceptors (Lipinski definition) is 2. The number of aryl methyl sites for hydroxylation is 1. The summed E-state index contributed by atoms with van der Waals surface area (Å²) in [6.45, 7) is 6.78. The van der Waals surface area contributed by atoms with Crippen molar-refractivity contribution in [2.45, 2.75) is 25.8 Å². The maximum atomic E-state index is 4.45. The molecule has 1 aliphatic carbocycles. The minimum atomic E-state index is 0.677. The van der Waals surface area contributed by atoms with Crippen molar-refractivity contribution in [3.05, 3.63) is 35.0 Å². The molecule has 0 bridgehead atoms. The molecule has 0 aromatic carbocycles. The summed E-state index contributed by atoms with van der Waals surface area (Å²) in [5, 5.41) is 0. The van der Waals surface area contributed by atoms with E-state index in [2.05, 4.69) is 45.4 Å². The highest BCUT2D eigenvalue weighted by atomic mass is 79.9. The molecule has 80 valence electrons. The van der Waals surface area contributed by atoms with Crippen LogP contribution in [-0.4, -0.2) is 17.6 Å². The summed E-state index contributed by atoms with van der Waals surface area (Å²) in [5.41, 5.74) is 1.23. The van der Waals surface area contributed by atoms with Gasteiger partial charge in [0, 0.05) is 23.3 Å². The van der Waals surface area contributed by atoms with E-state index >= 15 is 0 Å². The van der Waals surface area contributed by atoms with Gasteiger partial charge in [0.2, 0.25) is 0 Å². The van der Waals surface area contributed by atoms with Gasteiger partial charge in [-0.05, 0) is 47.3 Å². The average molecular weight is 267 g/mol. The second-order valence-electron chi connectivity index (χ2n) is 3.96. The van der Waals surface area contributed by atoms with E-state index in [0.717, 1.165) is 16.8 Å². The predicted octanol–water partition coefficient (Wildman–Crippen LogP) is 3.31. The quantitative estimate of drug-likeness (QED) is 0.778. The van der Waals surface area contributed by atoms with Crippen LogP contribution in [0.2, 0.25) is 0 Å². The van der Waals surface area contributed by atoms with E-state index in [1.807, 2.05) is 12.3 Å². The monoisotopic (exact) mass is 266 g/mol. The molecule has 15 heavy (non-hydrogen) atoms. The summed E-state index contributed by atoms with van der Waals surface area (Å²) in [4.78, 5) is 6.78. The molecular weight excluding hydrogens is 252 g/mol. The molecule has 1 saturated carbocycles. The Morgan fingerprint density at radius 3 is 2.93 bits per heavy atom. The highest BCUT2D eigenvalue weighted by molar-refractivity contribution is 9.10. The molecule has 1 fully saturated rings. The van der Waals surface area contributed by atoms with Crippen molar-refractivity contribution >= 4 is 21.7 Å². The number of hydrogen-bond donors (Lipinski definition) is 0. The summed E-state index contributed by atoms with van der Waals surface area (Å²) in [5.74, 6) is 1.07. The van der Waals surface area contributed by atoms with Crippen LogP contribution in [0, 0.1) is 6.92 Å². The molecule has 0 N–H and O–H groups in total. The summed E-state index contributed by atoms with van der Waals surface area (Å²) in [6.07, 6.45) is 6.38. The van der Waals surface area contributed by atoms with Crippen molar-refractivity contribution in [2.24, 2.45) is 0 Å². The Kier molecular flexibility index (Phi) is 3.10. The van der Waals surface area contributed by atoms with Crippen molar-refractivity contribution in [3.8, 4) is 0 Å². The molecule has 1 aromatic rings. The van der Waals surface area contributed by atoms with Crippen LogP contribution in [0.4, 0.5) is 5.82 Å². The minimum Gasteiger partial charge on any atom is -0.350 e. The molecule has 1 heterocycles. The third-order valence-corrected chi connectivity index (χ3v) is 3.47. The standard InChI is InChI=1S/C12H15BrN2/c1-3-6-15(10-4-5-10)12-7-9(2)11(13)8-14-12/h3,7-8,10H,1,4-6H2,2H3. The van der Waals surface area contributed by atoms with E-state index in [-0.39, 0.29) is 0 Å². The number of halogens is 1. The fraction of sp³-hybridized carbons (Fsp3) is 0.417. The van der Waals surface area contributed by atoms with Gasteiger partial charge in [0.1, 0.15) is 5.82 Å². The first-order chi connectivity index (χ1) is 7.22. The van der Waals surface area contributed by atoms with Crippen molar-refractivity contribution in [1.82, 2.24) is 4.98 Å². The van der Waals surface area contributed by atoms with E-state index in [1.54, 1.807) is 0 Å². The first-order valence-corrected chi connectivity index (χ1v) is 6.01. The van der Waals surface area contributed by atoms with Crippen molar-refractivity contribution in [1.29, 1.82) is 0 Å². The number of nitrogens with zero attached hydrogens (tertiary/aromatic N) is 2. The SMILES string of the molecule is C=CCN(c1cc(C)c(Br)cn1)C1CC1. The van der Waals surface area contributed by atoms with Crippen molar-refractivity contribution in [2.75, 3.05) is 11.4 Å². The third kappa shape index (κ3) is 2.40. The van der Waals surface area contributed by atoms with Gasteiger partial charge in [-0.3, -0.25) is 0 Å². The number of aromatic nitrogens is 1. The maximum Gasteiger partial charge on any atom is 0.129 e. The van der Waals surface area contributed by atoms with Gasteiger partial charge in [-0.1, -0.05) is 6.08 Å². The Hall–Kier alpha value is -0.830. The topological polar surface area (TPSA) is 16.1 Å². The molecule has 1 aromatic heterocycles. The zero-order valence-corrected chi connectivity index (χ0v) is 10.5. The lowest BCUT2D eigenvalue weighted by atomic mass is 10.3. The predicted molar refractivity (Wildman–Crippen MR) is 67.2 cm³/mol. The van der Waals surface area contributed by atoms with Gasteiger partial charge in [0.25, 0.3) is 0 Å². The summed E-state index contributed by atoms with van der Waals surface area (Å²) < 4.78 is 1.07. The minimum absolute atomic E-state index is 0.677. The average Bonchev–Trinajstić information content (AvgIpc) is 3.02. The first kappa shape index (κ1) is 10.7.